The molecule has 4 nitrogen and oxygen atoms in total. The molecule has 1 fully saturated rings. The summed E-state index contributed by atoms with van der Waals surface area (Å²) in [6.07, 6.45) is -4.73. The molecule has 108 valence electrons. The summed E-state index contributed by atoms with van der Waals surface area (Å²) in [6, 6.07) is 3.38. The second-order valence-electron chi connectivity index (χ2n) is 4.73. The van der Waals surface area contributed by atoms with Gasteiger partial charge in [-0.3, -0.25) is 9.59 Å². The first kappa shape index (κ1) is 14.5. The fourth-order valence-electron chi connectivity index (χ4n) is 2.17. The number of hydrogen-bond donors (Lipinski definition) is 1. The van der Waals surface area contributed by atoms with Crippen LogP contribution in [0.15, 0.2) is 18.2 Å². The molecule has 1 aromatic rings. The van der Waals surface area contributed by atoms with Gasteiger partial charge in [-0.15, -0.1) is 0 Å². The average molecular weight is 286 g/mol. The first-order valence-electron chi connectivity index (χ1n) is 6.02. The quantitative estimate of drug-likeness (QED) is 0.846. The lowest BCUT2D eigenvalue weighted by molar-refractivity contribution is -0.137. The molecule has 0 bridgehead atoms. The van der Waals surface area contributed by atoms with Gasteiger partial charge < -0.3 is 5.73 Å². The van der Waals surface area contributed by atoms with E-state index in [0.717, 1.165) is 12.1 Å². The van der Waals surface area contributed by atoms with Crippen LogP contribution in [-0.4, -0.2) is 11.8 Å². The number of rotatable bonds is 2. The Balaban J connectivity index is 2.57. The largest absolute Gasteiger partial charge is 0.418 e. The zero-order chi connectivity index (χ0) is 15.1. The Hall–Kier alpha value is -1.89. The van der Waals surface area contributed by atoms with E-state index in [-0.39, 0.29) is 18.5 Å². The molecule has 2 N–H and O–H groups in total. The fourth-order valence-corrected chi connectivity index (χ4v) is 2.17. The topological polar surface area (TPSA) is 63.4 Å². The Labute approximate surface area is 113 Å². The summed E-state index contributed by atoms with van der Waals surface area (Å²) in [5.74, 6) is -1.83. The molecule has 0 saturated carbocycles. The van der Waals surface area contributed by atoms with Crippen molar-refractivity contribution < 1.29 is 22.8 Å². The minimum atomic E-state index is -4.66. The van der Waals surface area contributed by atoms with Crippen LogP contribution in [0.3, 0.4) is 0 Å². The van der Waals surface area contributed by atoms with Crippen LogP contribution in [0.25, 0.3) is 0 Å². The molecule has 2 rings (SSSR count). The van der Waals surface area contributed by atoms with E-state index < -0.39 is 35.2 Å². The van der Waals surface area contributed by atoms with Crippen LogP contribution in [0.1, 0.15) is 24.5 Å². The second-order valence-corrected chi connectivity index (χ2v) is 4.73. The molecule has 20 heavy (non-hydrogen) atoms. The van der Waals surface area contributed by atoms with Crippen molar-refractivity contribution in [3.63, 3.8) is 0 Å². The molecule has 0 aliphatic carbocycles. The molecule has 7 heteroatoms. The number of nitrogens with zero attached hydrogens (tertiary/aromatic N) is 1. The highest BCUT2D eigenvalue weighted by molar-refractivity contribution is 6.21. The normalized spacial score (nSPS) is 19.9. The van der Waals surface area contributed by atoms with Crippen molar-refractivity contribution in [3.8, 4) is 0 Å². The van der Waals surface area contributed by atoms with Gasteiger partial charge >= 0.3 is 6.18 Å². The van der Waals surface area contributed by atoms with Gasteiger partial charge in [0.05, 0.1) is 11.3 Å². The number of anilines is 1. The van der Waals surface area contributed by atoms with E-state index in [0.29, 0.717) is 4.90 Å². The third-order valence-corrected chi connectivity index (χ3v) is 3.22. The van der Waals surface area contributed by atoms with Gasteiger partial charge in [-0.2, -0.15) is 13.2 Å². The fraction of sp³-hybridized carbons (Fsp3) is 0.385. The number of hydrogen-bond acceptors (Lipinski definition) is 3. The highest BCUT2D eigenvalue weighted by atomic mass is 19.4. The van der Waals surface area contributed by atoms with E-state index in [1.807, 2.05) is 0 Å². The van der Waals surface area contributed by atoms with Gasteiger partial charge in [-0.1, -0.05) is 13.0 Å². The third kappa shape index (κ3) is 2.40. The molecule has 1 aliphatic rings. The maximum absolute atomic E-state index is 13.1. The molecule has 2 amide bonds. The van der Waals surface area contributed by atoms with E-state index in [4.69, 9.17) is 5.73 Å². The summed E-state index contributed by atoms with van der Waals surface area (Å²) < 4.78 is 39.2. The van der Waals surface area contributed by atoms with Gasteiger partial charge in [0.15, 0.2) is 0 Å². The van der Waals surface area contributed by atoms with Crippen molar-refractivity contribution in [1.82, 2.24) is 0 Å². The van der Waals surface area contributed by atoms with Crippen LogP contribution >= 0.6 is 0 Å². The Morgan fingerprint density at radius 1 is 1.35 bits per heavy atom. The molecule has 1 unspecified atom stereocenters. The maximum Gasteiger partial charge on any atom is 0.418 e. The van der Waals surface area contributed by atoms with Crippen LogP contribution < -0.4 is 10.6 Å². The molecule has 1 atom stereocenters. The van der Waals surface area contributed by atoms with Crippen molar-refractivity contribution in [2.45, 2.75) is 26.1 Å². The first-order valence-corrected chi connectivity index (χ1v) is 6.02. The zero-order valence-corrected chi connectivity index (χ0v) is 10.7. The Kier molecular flexibility index (Phi) is 3.56. The molecular formula is C13H13F3N2O2. The van der Waals surface area contributed by atoms with E-state index in [9.17, 15) is 22.8 Å². The molecule has 1 saturated heterocycles. The molecule has 1 aromatic carbocycles. The molecule has 0 aromatic heterocycles. The maximum atomic E-state index is 13.1. The lowest BCUT2D eigenvalue weighted by Crippen LogP contribution is -2.32. The van der Waals surface area contributed by atoms with E-state index >= 15 is 0 Å². The Bertz CT molecular complexity index is 569. The number of carbonyl (C=O) groups excluding carboxylic acids is 2. The monoisotopic (exact) mass is 286 g/mol. The van der Waals surface area contributed by atoms with Gasteiger partial charge in [0, 0.05) is 18.9 Å². The van der Waals surface area contributed by atoms with Crippen molar-refractivity contribution in [2.24, 2.45) is 11.7 Å². The third-order valence-electron chi connectivity index (χ3n) is 3.22. The standard InChI is InChI=1S/C13H13F3N2O2/c1-7-4-11(19)18(12(7)20)10-3-2-8(6-17)5-9(10)13(14,15)16/h2-3,5,7H,4,6,17H2,1H3. The van der Waals surface area contributed by atoms with Crippen molar-refractivity contribution in [2.75, 3.05) is 4.90 Å². The van der Waals surface area contributed by atoms with E-state index in [1.165, 1.54) is 13.0 Å². The number of halogens is 3. The number of benzene rings is 1. The van der Waals surface area contributed by atoms with Crippen LogP contribution in [0.4, 0.5) is 18.9 Å². The number of carbonyl (C=O) groups is 2. The SMILES string of the molecule is CC1CC(=O)N(c2ccc(CN)cc2C(F)(F)F)C1=O. The molecule has 1 aliphatic heterocycles. The summed E-state index contributed by atoms with van der Waals surface area (Å²) in [6.45, 7) is 1.46. The molecular weight excluding hydrogens is 273 g/mol. The zero-order valence-electron chi connectivity index (χ0n) is 10.7. The lowest BCUT2D eigenvalue weighted by Gasteiger charge is -2.20. The second kappa shape index (κ2) is 4.90. The van der Waals surface area contributed by atoms with Crippen LogP contribution in [0, 0.1) is 5.92 Å². The molecule has 0 spiro atoms. The number of nitrogens with two attached hydrogens (primary N) is 1. The summed E-state index contributed by atoms with van der Waals surface area (Å²) >= 11 is 0. The Morgan fingerprint density at radius 3 is 2.45 bits per heavy atom. The summed E-state index contributed by atoms with van der Waals surface area (Å²) in [5, 5.41) is 0. The highest BCUT2D eigenvalue weighted by Crippen LogP contribution is 2.39. The Morgan fingerprint density at radius 2 is 2.00 bits per heavy atom. The van der Waals surface area contributed by atoms with Gasteiger partial charge in [0.25, 0.3) is 0 Å². The van der Waals surface area contributed by atoms with Crippen molar-refractivity contribution >= 4 is 17.5 Å². The van der Waals surface area contributed by atoms with Gasteiger partial charge in [0.2, 0.25) is 11.8 Å². The van der Waals surface area contributed by atoms with Crippen molar-refractivity contribution in [1.29, 1.82) is 0 Å². The lowest BCUT2D eigenvalue weighted by atomic mass is 10.1. The average Bonchev–Trinajstić information content (AvgIpc) is 2.61. The predicted octanol–water partition coefficient (Wildman–Crippen LogP) is 2.06. The minimum Gasteiger partial charge on any atom is -0.326 e. The smallest absolute Gasteiger partial charge is 0.326 e. The van der Waals surface area contributed by atoms with E-state index in [1.54, 1.807) is 0 Å². The predicted molar refractivity (Wildman–Crippen MR) is 65.6 cm³/mol. The van der Waals surface area contributed by atoms with Crippen molar-refractivity contribution in [3.05, 3.63) is 29.3 Å². The number of amides is 2. The summed E-state index contributed by atoms with van der Waals surface area (Å²) in [4.78, 5) is 24.2. The number of alkyl halides is 3. The van der Waals surface area contributed by atoms with Crippen LogP contribution in [0.5, 0.6) is 0 Å². The van der Waals surface area contributed by atoms with Gasteiger partial charge in [-0.05, 0) is 17.7 Å². The summed E-state index contributed by atoms with van der Waals surface area (Å²) in [7, 11) is 0. The van der Waals surface area contributed by atoms with Gasteiger partial charge in [-0.25, -0.2) is 4.90 Å². The van der Waals surface area contributed by atoms with E-state index in [2.05, 4.69) is 0 Å². The van der Waals surface area contributed by atoms with Crippen LogP contribution in [0.2, 0.25) is 0 Å². The molecule has 1 heterocycles. The minimum absolute atomic E-state index is 0.0539. The highest BCUT2D eigenvalue weighted by Gasteiger charge is 2.42. The first-order chi connectivity index (χ1) is 9.25. The van der Waals surface area contributed by atoms with Gasteiger partial charge in [0.1, 0.15) is 0 Å². The van der Waals surface area contributed by atoms with Crippen LogP contribution in [-0.2, 0) is 22.3 Å². The molecule has 0 radical (unpaired) electrons. The summed E-state index contributed by atoms with van der Waals surface area (Å²) in [5.41, 5.74) is 4.17. The number of imide groups is 1.